The van der Waals surface area contributed by atoms with E-state index in [0.717, 1.165) is 6.54 Å². The zero-order valence-corrected chi connectivity index (χ0v) is 14.3. The second-order valence-electron chi connectivity index (χ2n) is 6.72. The van der Waals surface area contributed by atoms with Crippen LogP contribution in [0.2, 0.25) is 0 Å². The third-order valence-corrected chi connectivity index (χ3v) is 5.39. The molecule has 0 aliphatic rings. The van der Waals surface area contributed by atoms with Crippen molar-refractivity contribution in [2.75, 3.05) is 0 Å². The van der Waals surface area contributed by atoms with Crippen molar-refractivity contribution in [1.29, 1.82) is 0 Å². The van der Waals surface area contributed by atoms with Gasteiger partial charge in [0.05, 0.1) is 0 Å². The molecule has 0 fully saturated rings. The van der Waals surface area contributed by atoms with Crippen LogP contribution in [-0.2, 0) is 6.54 Å². The number of rotatable bonds is 1. The molecule has 2 aromatic heterocycles. The first-order valence-electron chi connectivity index (χ1n) is 8.62. The Labute approximate surface area is 140 Å². The summed E-state index contributed by atoms with van der Waals surface area (Å²) in [6, 6.07) is 17.7. The molecule has 0 saturated heterocycles. The van der Waals surface area contributed by atoms with Crippen molar-refractivity contribution in [3.05, 3.63) is 59.7 Å². The molecule has 2 nitrogen and oxygen atoms in total. The molecule has 0 saturated carbocycles. The predicted molar refractivity (Wildman–Crippen MR) is 104 cm³/mol. The Morgan fingerprint density at radius 1 is 0.792 bits per heavy atom. The number of aryl methyl sites for hydroxylation is 3. The average Bonchev–Trinajstić information content (AvgIpc) is 3.14. The van der Waals surface area contributed by atoms with E-state index in [1.54, 1.807) is 0 Å². The fraction of sp³-hybridized carbons (Fsp3) is 0.182. The molecular formula is C22H20N2. The second-order valence-corrected chi connectivity index (χ2v) is 6.72. The number of benzene rings is 3. The number of aromatic nitrogens is 2. The van der Waals surface area contributed by atoms with Crippen LogP contribution in [0.15, 0.2) is 48.5 Å². The van der Waals surface area contributed by atoms with Crippen LogP contribution in [0.4, 0.5) is 0 Å². The normalized spacial score (nSPS) is 12.1. The first kappa shape index (κ1) is 13.7. The van der Waals surface area contributed by atoms with Crippen molar-refractivity contribution in [2.45, 2.75) is 27.3 Å². The van der Waals surface area contributed by atoms with Gasteiger partial charge in [-0.15, -0.1) is 0 Å². The van der Waals surface area contributed by atoms with E-state index in [0.29, 0.717) is 0 Å². The maximum absolute atomic E-state index is 3.66. The van der Waals surface area contributed by atoms with Gasteiger partial charge >= 0.3 is 0 Å². The molecular weight excluding hydrogens is 292 g/mol. The van der Waals surface area contributed by atoms with Crippen LogP contribution >= 0.6 is 0 Å². The van der Waals surface area contributed by atoms with Gasteiger partial charge in [-0.2, -0.15) is 0 Å². The zero-order valence-electron chi connectivity index (χ0n) is 14.3. The Morgan fingerprint density at radius 3 is 2.42 bits per heavy atom. The average molecular weight is 312 g/mol. The Kier molecular flexibility index (Phi) is 2.64. The van der Waals surface area contributed by atoms with Gasteiger partial charge in [0.1, 0.15) is 0 Å². The summed E-state index contributed by atoms with van der Waals surface area (Å²) in [5.41, 5.74) is 7.79. The van der Waals surface area contributed by atoms with E-state index in [2.05, 4.69) is 78.9 Å². The Hall–Kier alpha value is -2.74. The highest BCUT2D eigenvalue weighted by atomic mass is 15.0. The summed E-state index contributed by atoms with van der Waals surface area (Å²) >= 11 is 0. The molecule has 0 amide bonds. The minimum Gasteiger partial charge on any atom is -0.354 e. The molecule has 3 aromatic carbocycles. The minimum absolute atomic E-state index is 0.982. The lowest BCUT2D eigenvalue weighted by molar-refractivity contribution is 0.827. The van der Waals surface area contributed by atoms with E-state index in [-0.39, 0.29) is 0 Å². The van der Waals surface area contributed by atoms with Crippen molar-refractivity contribution in [3.63, 3.8) is 0 Å². The summed E-state index contributed by atoms with van der Waals surface area (Å²) in [6.07, 6.45) is 0. The summed E-state index contributed by atoms with van der Waals surface area (Å²) in [4.78, 5) is 3.66. The highest BCUT2D eigenvalue weighted by Gasteiger charge is 2.17. The second kappa shape index (κ2) is 4.64. The van der Waals surface area contributed by atoms with Gasteiger partial charge in [-0.1, -0.05) is 30.3 Å². The number of fused-ring (bicyclic) bond motifs is 7. The highest BCUT2D eigenvalue weighted by molar-refractivity contribution is 6.28. The lowest BCUT2D eigenvalue weighted by Crippen LogP contribution is -1.92. The fourth-order valence-electron chi connectivity index (χ4n) is 4.27. The quantitative estimate of drug-likeness (QED) is 0.388. The van der Waals surface area contributed by atoms with Gasteiger partial charge in [-0.05, 0) is 50.1 Å². The molecule has 0 spiro atoms. The lowest BCUT2D eigenvalue weighted by Gasteiger charge is -2.03. The van der Waals surface area contributed by atoms with Crippen LogP contribution < -0.4 is 0 Å². The molecule has 0 unspecified atom stereocenters. The van der Waals surface area contributed by atoms with E-state index in [1.807, 2.05) is 0 Å². The third kappa shape index (κ3) is 1.56. The van der Waals surface area contributed by atoms with Gasteiger partial charge in [0.2, 0.25) is 0 Å². The van der Waals surface area contributed by atoms with Gasteiger partial charge in [0.25, 0.3) is 0 Å². The van der Waals surface area contributed by atoms with E-state index in [4.69, 9.17) is 0 Å². The molecule has 2 heteroatoms. The van der Waals surface area contributed by atoms with Crippen molar-refractivity contribution in [3.8, 4) is 0 Å². The fourth-order valence-corrected chi connectivity index (χ4v) is 4.27. The Bertz CT molecular complexity index is 1250. The van der Waals surface area contributed by atoms with E-state index < -0.39 is 0 Å². The monoisotopic (exact) mass is 312 g/mol. The molecule has 0 aliphatic carbocycles. The number of para-hydroxylation sites is 1. The van der Waals surface area contributed by atoms with Gasteiger partial charge in [0, 0.05) is 50.2 Å². The molecule has 0 atom stereocenters. The van der Waals surface area contributed by atoms with Gasteiger partial charge in [-0.25, -0.2) is 0 Å². The van der Waals surface area contributed by atoms with E-state index in [9.17, 15) is 0 Å². The molecule has 0 radical (unpaired) electrons. The molecule has 2 heterocycles. The van der Waals surface area contributed by atoms with E-state index >= 15 is 0 Å². The summed E-state index contributed by atoms with van der Waals surface area (Å²) in [5.74, 6) is 0. The zero-order chi connectivity index (χ0) is 16.4. The number of hydrogen-bond donors (Lipinski definition) is 1. The largest absolute Gasteiger partial charge is 0.354 e. The minimum atomic E-state index is 0.982. The topological polar surface area (TPSA) is 20.7 Å². The Morgan fingerprint density at radius 2 is 1.58 bits per heavy atom. The van der Waals surface area contributed by atoms with Crippen LogP contribution in [-0.4, -0.2) is 9.55 Å². The predicted octanol–water partition coefficient (Wildman–Crippen LogP) is 6.07. The summed E-state index contributed by atoms with van der Waals surface area (Å²) < 4.78 is 2.42. The molecule has 5 aromatic rings. The van der Waals surface area contributed by atoms with E-state index in [1.165, 1.54) is 54.7 Å². The molecule has 0 aliphatic heterocycles. The number of H-pyrrole nitrogens is 1. The lowest BCUT2D eigenvalue weighted by atomic mass is 10.0. The summed E-state index contributed by atoms with van der Waals surface area (Å²) in [7, 11) is 0. The third-order valence-electron chi connectivity index (χ3n) is 5.39. The maximum Gasteiger partial charge on any atom is 0.0499 e. The van der Waals surface area contributed by atoms with Crippen molar-refractivity contribution < 1.29 is 0 Å². The van der Waals surface area contributed by atoms with Crippen molar-refractivity contribution in [2.24, 2.45) is 0 Å². The number of aromatic amines is 1. The number of hydrogen-bond acceptors (Lipinski definition) is 0. The molecule has 0 bridgehead atoms. The van der Waals surface area contributed by atoms with Gasteiger partial charge in [-0.3, -0.25) is 0 Å². The first-order chi connectivity index (χ1) is 11.7. The summed E-state index contributed by atoms with van der Waals surface area (Å²) in [6.45, 7) is 7.60. The highest BCUT2D eigenvalue weighted by Crippen LogP contribution is 2.40. The molecule has 24 heavy (non-hydrogen) atoms. The molecule has 118 valence electrons. The number of nitrogens with one attached hydrogen (secondary N) is 1. The molecule has 5 rings (SSSR count). The SMILES string of the molecule is CCn1c2ccccc2c2c3c(ccc21)[nH]c1c(C)ccc(C)c13. The number of nitrogens with zero attached hydrogens (tertiary/aromatic N) is 1. The van der Waals surface area contributed by atoms with Crippen LogP contribution in [0.3, 0.4) is 0 Å². The van der Waals surface area contributed by atoms with Crippen molar-refractivity contribution >= 4 is 43.6 Å². The van der Waals surface area contributed by atoms with Gasteiger partial charge in [0.15, 0.2) is 0 Å². The first-order valence-corrected chi connectivity index (χ1v) is 8.62. The van der Waals surface area contributed by atoms with Crippen LogP contribution in [0, 0.1) is 13.8 Å². The van der Waals surface area contributed by atoms with Crippen LogP contribution in [0.1, 0.15) is 18.1 Å². The maximum atomic E-state index is 3.66. The molecule has 1 N–H and O–H groups in total. The summed E-state index contributed by atoms with van der Waals surface area (Å²) in [5, 5.41) is 5.47. The van der Waals surface area contributed by atoms with Crippen molar-refractivity contribution in [1.82, 2.24) is 9.55 Å². The van der Waals surface area contributed by atoms with Crippen LogP contribution in [0.25, 0.3) is 43.6 Å². The van der Waals surface area contributed by atoms with Gasteiger partial charge < -0.3 is 9.55 Å². The Balaban J connectivity index is 2.18. The van der Waals surface area contributed by atoms with Crippen LogP contribution in [0.5, 0.6) is 0 Å². The smallest absolute Gasteiger partial charge is 0.0499 e. The standard InChI is InChI=1S/C22H20N2/c1-4-24-17-8-6-5-7-15(17)20-18(24)12-11-16-21(20)19-13(2)9-10-14(3)22(19)23-16/h5-12,23H,4H2,1-3H3.